The van der Waals surface area contributed by atoms with Gasteiger partial charge in [-0.05, 0) is 46.7 Å². The molecule has 274 valence electrons. The topological polar surface area (TPSA) is 206 Å². The zero-order valence-electron chi connectivity index (χ0n) is 29.0. The van der Waals surface area contributed by atoms with Gasteiger partial charge in [-0.25, -0.2) is 0 Å². The number of phenolic OH excluding ortho intramolecular Hbond substituents is 2. The summed E-state index contributed by atoms with van der Waals surface area (Å²) in [6.07, 6.45) is -5.12. The minimum atomic E-state index is -2.24. The van der Waals surface area contributed by atoms with Crippen LogP contribution >= 0.6 is 0 Å². The number of ketones is 3. The SMILES string of the molecule is COc1cccc2c1C(=O)c1c(O)c3c(c(O)c1C2=O)C[C@@](O)(C(=O)CO)C[C@@H]3O[C@H]1C[C@H](N)[C@@H](O)[C@H](C)O1.c1ccc2cc3ccccc3cc2c1. The molecule has 12 nitrogen and oxygen atoms in total. The first kappa shape index (κ1) is 36.2. The smallest absolute Gasteiger partial charge is 0.202 e. The number of rotatable bonds is 5. The van der Waals surface area contributed by atoms with E-state index in [1.807, 2.05) is 0 Å². The third kappa shape index (κ3) is 6.23. The molecule has 1 heterocycles. The molecule has 12 heteroatoms. The number of carbonyl (C=O) groups excluding carboxylic acids is 3. The molecule has 6 atom stereocenters. The number of carbonyl (C=O) groups is 3. The van der Waals surface area contributed by atoms with Crippen LogP contribution in [0.15, 0.2) is 78.9 Å². The number of hydrogen-bond acceptors (Lipinski definition) is 12. The lowest BCUT2D eigenvalue weighted by molar-refractivity contribution is -0.247. The first-order valence-electron chi connectivity index (χ1n) is 17.2. The molecule has 8 rings (SSSR count). The van der Waals surface area contributed by atoms with Crippen molar-refractivity contribution >= 4 is 38.9 Å². The van der Waals surface area contributed by atoms with Gasteiger partial charge in [0.25, 0.3) is 0 Å². The van der Waals surface area contributed by atoms with Crippen molar-refractivity contribution in [3.8, 4) is 17.2 Å². The number of aliphatic hydroxyl groups is 3. The molecular weight excluding hydrogens is 682 g/mol. The minimum absolute atomic E-state index is 0.0173. The van der Waals surface area contributed by atoms with Crippen molar-refractivity contribution < 1.29 is 54.1 Å². The Morgan fingerprint density at radius 2 is 1.47 bits per heavy atom. The van der Waals surface area contributed by atoms with Crippen LogP contribution in [0.25, 0.3) is 21.5 Å². The summed E-state index contributed by atoms with van der Waals surface area (Å²) in [4.78, 5) is 39.7. The van der Waals surface area contributed by atoms with Crippen molar-refractivity contribution in [2.24, 2.45) is 5.73 Å². The van der Waals surface area contributed by atoms with E-state index in [0.29, 0.717) is 0 Å². The molecule has 0 bridgehead atoms. The summed E-state index contributed by atoms with van der Waals surface area (Å²) in [7, 11) is 1.32. The Morgan fingerprint density at radius 1 is 0.887 bits per heavy atom. The van der Waals surface area contributed by atoms with Gasteiger partial charge in [-0.1, -0.05) is 60.7 Å². The van der Waals surface area contributed by atoms with Gasteiger partial charge in [-0.15, -0.1) is 0 Å². The highest BCUT2D eigenvalue weighted by Gasteiger charge is 2.50. The number of phenols is 2. The Bertz CT molecular complexity index is 2170. The molecule has 0 aromatic heterocycles. The van der Waals surface area contributed by atoms with Crippen LogP contribution in [0.2, 0.25) is 0 Å². The van der Waals surface area contributed by atoms with E-state index >= 15 is 0 Å². The number of ether oxygens (including phenoxy) is 3. The molecule has 2 aliphatic carbocycles. The van der Waals surface area contributed by atoms with E-state index in [9.17, 15) is 39.9 Å². The van der Waals surface area contributed by atoms with Gasteiger partial charge in [-0.3, -0.25) is 14.4 Å². The average Bonchev–Trinajstić information content (AvgIpc) is 3.15. The molecule has 53 heavy (non-hydrogen) atoms. The highest BCUT2D eigenvalue weighted by Crippen LogP contribution is 2.52. The van der Waals surface area contributed by atoms with Crippen LogP contribution in [0.1, 0.15) is 68.8 Å². The summed E-state index contributed by atoms with van der Waals surface area (Å²) < 4.78 is 17.0. The predicted octanol–water partition coefficient (Wildman–Crippen LogP) is 3.99. The lowest BCUT2D eigenvalue weighted by Crippen LogP contribution is -2.53. The standard InChI is InChI=1S/C27H29NO11.C14H10/c1-10-22(31)13(28)6-17(38-10)39-15-8-27(36,16(30)9-29)7-12-19(15)26(35)21-20(24(12)33)23(32)11-4-3-5-14(37-2)18(11)25(21)34;1-2-6-12-10-14-8-4-3-7-13(14)9-11(12)5-1/h3-5,10,13,15,17,22,29,31,33,35-36H,6-9,28H2,1-2H3;1-10H/t10-,13-,15-,17-,22-,27-;/m0./s1. The predicted molar refractivity (Wildman–Crippen MR) is 193 cm³/mol. The second-order valence-electron chi connectivity index (χ2n) is 13.7. The second kappa shape index (κ2) is 14.0. The fourth-order valence-corrected chi connectivity index (χ4v) is 7.63. The Hall–Kier alpha value is -5.21. The van der Waals surface area contributed by atoms with Gasteiger partial charge in [0.15, 0.2) is 17.9 Å². The molecule has 1 aliphatic heterocycles. The van der Waals surface area contributed by atoms with E-state index in [0.717, 1.165) is 0 Å². The fraction of sp³-hybridized carbons (Fsp3) is 0.293. The highest BCUT2D eigenvalue weighted by molar-refractivity contribution is 6.31. The minimum Gasteiger partial charge on any atom is -0.507 e. The summed E-state index contributed by atoms with van der Waals surface area (Å²) in [5.41, 5.74) is 2.37. The maximum absolute atomic E-state index is 13.6. The van der Waals surface area contributed by atoms with Crippen molar-refractivity contribution in [2.75, 3.05) is 13.7 Å². The number of methoxy groups -OCH3 is 1. The zero-order valence-corrected chi connectivity index (χ0v) is 29.0. The van der Waals surface area contributed by atoms with Gasteiger partial charge in [0.05, 0.1) is 42.1 Å². The van der Waals surface area contributed by atoms with Crippen molar-refractivity contribution in [3.63, 3.8) is 0 Å². The number of benzene rings is 5. The Kier molecular flexibility index (Phi) is 9.53. The number of hydrogen-bond donors (Lipinski definition) is 6. The van der Waals surface area contributed by atoms with Gasteiger partial charge in [0.2, 0.25) is 5.78 Å². The van der Waals surface area contributed by atoms with E-state index in [-0.39, 0.29) is 34.4 Å². The largest absolute Gasteiger partial charge is 0.507 e. The Morgan fingerprint density at radius 3 is 2.02 bits per heavy atom. The van der Waals surface area contributed by atoms with Gasteiger partial charge < -0.3 is 45.5 Å². The number of nitrogens with two attached hydrogens (primary N) is 1. The number of Topliss-reactive ketones (excluding diaryl/α,β-unsaturated/α-hetero) is 1. The van der Waals surface area contributed by atoms with E-state index in [4.69, 9.17) is 19.9 Å². The third-order valence-electron chi connectivity index (χ3n) is 10.4. The van der Waals surface area contributed by atoms with Crippen LogP contribution in [0, 0.1) is 0 Å². The van der Waals surface area contributed by atoms with Gasteiger partial charge >= 0.3 is 0 Å². The Balaban J connectivity index is 0.000000257. The molecule has 0 saturated carbocycles. The van der Waals surface area contributed by atoms with Crippen molar-refractivity contribution in [1.82, 2.24) is 0 Å². The molecule has 0 spiro atoms. The lowest BCUT2D eigenvalue weighted by Gasteiger charge is -2.42. The molecule has 0 amide bonds. The van der Waals surface area contributed by atoms with Gasteiger partial charge in [0.1, 0.15) is 29.5 Å². The molecule has 5 aromatic carbocycles. The second-order valence-corrected chi connectivity index (χ2v) is 13.7. The molecule has 3 aliphatic rings. The monoisotopic (exact) mass is 721 g/mol. The zero-order chi connectivity index (χ0) is 37.8. The molecule has 1 saturated heterocycles. The van der Waals surface area contributed by atoms with Gasteiger partial charge in [0, 0.05) is 42.0 Å². The van der Waals surface area contributed by atoms with Crippen LogP contribution in [0.3, 0.4) is 0 Å². The fourth-order valence-electron chi connectivity index (χ4n) is 7.63. The van der Waals surface area contributed by atoms with E-state index < -0.39 is 95.7 Å². The van der Waals surface area contributed by atoms with E-state index in [1.165, 1.54) is 46.9 Å². The van der Waals surface area contributed by atoms with Crippen molar-refractivity contribution in [1.29, 1.82) is 0 Å². The maximum Gasteiger partial charge on any atom is 0.202 e. The summed E-state index contributed by atoms with van der Waals surface area (Å²) in [5.74, 6) is -3.77. The summed E-state index contributed by atoms with van der Waals surface area (Å²) in [5, 5.41) is 58.9. The molecule has 5 aromatic rings. The van der Waals surface area contributed by atoms with Crippen LogP contribution in [-0.2, 0) is 20.7 Å². The average molecular weight is 722 g/mol. The quantitative estimate of drug-likeness (QED) is 0.110. The van der Waals surface area contributed by atoms with E-state index in [1.54, 1.807) is 6.92 Å². The normalized spacial score (nSPS) is 24.8. The molecule has 0 unspecified atom stereocenters. The summed E-state index contributed by atoms with van der Waals surface area (Å²) >= 11 is 0. The first-order chi connectivity index (χ1) is 25.4. The lowest BCUT2D eigenvalue weighted by atomic mass is 9.72. The molecule has 0 radical (unpaired) electrons. The maximum atomic E-state index is 13.6. The number of aromatic hydroxyl groups is 2. The van der Waals surface area contributed by atoms with Crippen LogP contribution < -0.4 is 10.5 Å². The number of aliphatic hydroxyl groups excluding tert-OH is 2. The molecular formula is C41H39NO11. The summed E-state index contributed by atoms with van der Waals surface area (Å²) in [6, 6.07) is 25.1. The van der Waals surface area contributed by atoms with E-state index in [2.05, 4.69) is 60.7 Å². The highest BCUT2D eigenvalue weighted by atomic mass is 16.7. The van der Waals surface area contributed by atoms with Gasteiger partial charge in [-0.2, -0.15) is 0 Å². The summed E-state index contributed by atoms with van der Waals surface area (Å²) in [6.45, 7) is 0.560. The number of fused-ring (bicyclic) bond motifs is 5. The van der Waals surface area contributed by atoms with Crippen LogP contribution in [-0.4, -0.2) is 86.7 Å². The molecule has 7 N–H and O–H groups in total. The van der Waals surface area contributed by atoms with Crippen molar-refractivity contribution in [3.05, 3.63) is 112 Å². The van der Waals surface area contributed by atoms with Crippen LogP contribution in [0.4, 0.5) is 0 Å². The molecule has 1 fully saturated rings. The Labute approximate surface area is 304 Å². The third-order valence-corrected chi connectivity index (χ3v) is 10.4. The first-order valence-corrected chi connectivity index (χ1v) is 17.2. The van der Waals surface area contributed by atoms with Crippen LogP contribution in [0.5, 0.6) is 17.2 Å². The van der Waals surface area contributed by atoms with Crippen molar-refractivity contribution in [2.45, 2.75) is 62.4 Å².